The van der Waals surface area contributed by atoms with E-state index in [0.29, 0.717) is 0 Å². The van der Waals surface area contributed by atoms with E-state index in [1.165, 1.54) is 44.9 Å². The summed E-state index contributed by atoms with van der Waals surface area (Å²) >= 11 is 0. The number of nitrogens with two attached hydrogens (primary N) is 1. The van der Waals surface area contributed by atoms with E-state index in [2.05, 4.69) is 18.9 Å². The standard InChI is InChI=1S/C13H28N2/c1-3-5-12-6-4-7-13(9-8-12)15(2)11-10-14/h12-13H,3-11,14H2,1-2H3. The van der Waals surface area contributed by atoms with Crippen molar-refractivity contribution >= 4 is 0 Å². The topological polar surface area (TPSA) is 29.3 Å². The van der Waals surface area contributed by atoms with Gasteiger partial charge in [0.25, 0.3) is 0 Å². The SMILES string of the molecule is CCCC1CCCC(N(C)CCN)CC1. The molecule has 0 amide bonds. The number of hydrogen-bond donors (Lipinski definition) is 1. The Hall–Kier alpha value is -0.0800. The highest BCUT2D eigenvalue weighted by atomic mass is 15.1. The van der Waals surface area contributed by atoms with Gasteiger partial charge in [-0.15, -0.1) is 0 Å². The quantitative estimate of drug-likeness (QED) is 0.710. The van der Waals surface area contributed by atoms with Crippen LogP contribution in [0, 0.1) is 5.92 Å². The highest BCUT2D eigenvalue weighted by molar-refractivity contribution is 4.76. The second-order valence-corrected chi connectivity index (χ2v) is 5.09. The Morgan fingerprint density at radius 2 is 2.00 bits per heavy atom. The summed E-state index contributed by atoms with van der Waals surface area (Å²) in [5.41, 5.74) is 5.61. The molecule has 2 unspecified atom stereocenters. The van der Waals surface area contributed by atoms with Crippen molar-refractivity contribution < 1.29 is 0 Å². The predicted octanol–water partition coefficient (Wildman–Crippen LogP) is 2.63. The second kappa shape index (κ2) is 7.24. The van der Waals surface area contributed by atoms with E-state index in [0.717, 1.165) is 25.0 Å². The fraction of sp³-hybridized carbons (Fsp3) is 1.00. The van der Waals surface area contributed by atoms with Crippen molar-refractivity contribution in [2.75, 3.05) is 20.1 Å². The number of likely N-dealkylation sites (N-methyl/N-ethyl adjacent to an activating group) is 1. The molecule has 0 aromatic rings. The van der Waals surface area contributed by atoms with Gasteiger partial charge in [0.2, 0.25) is 0 Å². The Bertz CT molecular complexity index is 159. The zero-order valence-electron chi connectivity index (χ0n) is 10.5. The van der Waals surface area contributed by atoms with Crippen LogP contribution in [0.25, 0.3) is 0 Å². The molecule has 1 rings (SSSR count). The molecule has 0 aromatic carbocycles. The Balaban J connectivity index is 2.31. The lowest BCUT2D eigenvalue weighted by Crippen LogP contribution is -2.35. The van der Waals surface area contributed by atoms with Gasteiger partial charge in [0.1, 0.15) is 0 Å². The molecule has 0 heterocycles. The summed E-state index contributed by atoms with van der Waals surface area (Å²) in [4.78, 5) is 2.47. The van der Waals surface area contributed by atoms with Crippen LogP contribution in [0.5, 0.6) is 0 Å². The van der Waals surface area contributed by atoms with E-state index in [1.54, 1.807) is 0 Å². The molecule has 1 fully saturated rings. The van der Waals surface area contributed by atoms with Gasteiger partial charge in [-0.25, -0.2) is 0 Å². The average molecular weight is 212 g/mol. The average Bonchev–Trinajstić information content (AvgIpc) is 2.44. The summed E-state index contributed by atoms with van der Waals surface area (Å²) in [7, 11) is 2.23. The first-order chi connectivity index (χ1) is 7.27. The predicted molar refractivity (Wildman–Crippen MR) is 67.0 cm³/mol. The normalized spacial score (nSPS) is 28.0. The van der Waals surface area contributed by atoms with E-state index >= 15 is 0 Å². The summed E-state index contributed by atoms with van der Waals surface area (Å²) in [5.74, 6) is 1.01. The van der Waals surface area contributed by atoms with Crippen molar-refractivity contribution in [2.24, 2.45) is 11.7 Å². The van der Waals surface area contributed by atoms with Crippen molar-refractivity contribution in [3.8, 4) is 0 Å². The minimum absolute atomic E-state index is 0.797. The summed E-state index contributed by atoms with van der Waals surface area (Å²) in [6.45, 7) is 4.16. The van der Waals surface area contributed by atoms with Crippen LogP contribution in [-0.4, -0.2) is 31.1 Å². The molecule has 1 saturated carbocycles. The maximum atomic E-state index is 5.61. The Kier molecular flexibility index (Phi) is 6.26. The minimum atomic E-state index is 0.797. The molecule has 0 radical (unpaired) electrons. The molecule has 1 aliphatic rings. The molecule has 0 saturated heterocycles. The van der Waals surface area contributed by atoms with Crippen molar-refractivity contribution in [1.82, 2.24) is 4.90 Å². The van der Waals surface area contributed by atoms with Gasteiger partial charge in [-0.2, -0.15) is 0 Å². The van der Waals surface area contributed by atoms with Crippen LogP contribution in [0.4, 0.5) is 0 Å². The van der Waals surface area contributed by atoms with Crippen LogP contribution in [-0.2, 0) is 0 Å². The summed E-state index contributed by atoms with van der Waals surface area (Å²) in [6, 6.07) is 0.801. The van der Waals surface area contributed by atoms with Gasteiger partial charge in [-0.3, -0.25) is 0 Å². The van der Waals surface area contributed by atoms with Crippen LogP contribution >= 0.6 is 0 Å². The molecule has 2 atom stereocenters. The van der Waals surface area contributed by atoms with Crippen LogP contribution in [0.15, 0.2) is 0 Å². The van der Waals surface area contributed by atoms with Gasteiger partial charge in [0.15, 0.2) is 0 Å². The van der Waals surface area contributed by atoms with Crippen LogP contribution in [0.3, 0.4) is 0 Å². The number of hydrogen-bond acceptors (Lipinski definition) is 2. The van der Waals surface area contributed by atoms with Crippen molar-refractivity contribution in [1.29, 1.82) is 0 Å². The zero-order valence-corrected chi connectivity index (χ0v) is 10.5. The van der Waals surface area contributed by atoms with E-state index in [4.69, 9.17) is 5.73 Å². The molecule has 90 valence electrons. The summed E-state index contributed by atoms with van der Waals surface area (Å²) in [6.07, 6.45) is 9.89. The third-order valence-electron chi connectivity index (χ3n) is 3.86. The Labute approximate surface area is 95.2 Å². The molecule has 0 aliphatic heterocycles. The molecule has 2 N–H and O–H groups in total. The molecule has 1 aliphatic carbocycles. The molecule has 0 bridgehead atoms. The lowest BCUT2D eigenvalue weighted by atomic mass is 9.95. The number of rotatable bonds is 5. The molecule has 15 heavy (non-hydrogen) atoms. The van der Waals surface area contributed by atoms with Crippen LogP contribution < -0.4 is 5.73 Å². The zero-order chi connectivity index (χ0) is 11.1. The largest absolute Gasteiger partial charge is 0.329 e. The smallest absolute Gasteiger partial charge is 0.0104 e. The van der Waals surface area contributed by atoms with Crippen molar-refractivity contribution in [3.63, 3.8) is 0 Å². The first-order valence-electron chi connectivity index (χ1n) is 6.68. The summed E-state index contributed by atoms with van der Waals surface area (Å²) in [5, 5.41) is 0. The van der Waals surface area contributed by atoms with Gasteiger partial charge in [0, 0.05) is 19.1 Å². The highest BCUT2D eigenvalue weighted by Crippen LogP contribution is 2.28. The van der Waals surface area contributed by atoms with E-state index in [1.807, 2.05) is 0 Å². The van der Waals surface area contributed by atoms with E-state index in [9.17, 15) is 0 Å². The molecule has 0 spiro atoms. The van der Waals surface area contributed by atoms with Gasteiger partial charge in [0.05, 0.1) is 0 Å². The van der Waals surface area contributed by atoms with E-state index < -0.39 is 0 Å². The molecular formula is C13H28N2. The van der Waals surface area contributed by atoms with Crippen LogP contribution in [0.1, 0.15) is 51.9 Å². The highest BCUT2D eigenvalue weighted by Gasteiger charge is 2.20. The molecule has 2 nitrogen and oxygen atoms in total. The first kappa shape index (κ1) is 13.0. The monoisotopic (exact) mass is 212 g/mol. The maximum Gasteiger partial charge on any atom is 0.0104 e. The Morgan fingerprint density at radius 3 is 2.67 bits per heavy atom. The lowest BCUT2D eigenvalue weighted by Gasteiger charge is -2.26. The lowest BCUT2D eigenvalue weighted by molar-refractivity contribution is 0.224. The van der Waals surface area contributed by atoms with Gasteiger partial charge in [-0.1, -0.05) is 32.6 Å². The fourth-order valence-corrected chi connectivity index (χ4v) is 2.88. The van der Waals surface area contributed by atoms with Gasteiger partial charge >= 0.3 is 0 Å². The maximum absolute atomic E-state index is 5.61. The van der Waals surface area contributed by atoms with Crippen molar-refractivity contribution in [2.45, 2.75) is 57.9 Å². The second-order valence-electron chi connectivity index (χ2n) is 5.09. The molecular weight excluding hydrogens is 184 g/mol. The Morgan fingerprint density at radius 1 is 1.20 bits per heavy atom. The van der Waals surface area contributed by atoms with Gasteiger partial charge < -0.3 is 10.6 Å². The molecule has 0 aromatic heterocycles. The van der Waals surface area contributed by atoms with Crippen LogP contribution in [0.2, 0.25) is 0 Å². The van der Waals surface area contributed by atoms with E-state index in [-0.39, 0.29) is 0 Å². The minimum Gasteiger partial charge on any atom is -0.329 e. The number of nitrogens with zero attached hydrogens (tertiary/aromatic N) is 1. The fourth-order valence-electron chi connectivity index (χ4n) is 2.88. The molecule has 2 heteroatoms. The first-order valence-corrected chi connectivity index (χ1v) is 6.68. The third kappa shape index (κ3) is 4.52. The van der Waals surface area contributed by atoms with Gasteiger partial charge in [-0.05, 0) is 32.2 Å². The van der Waals surface area contributed by atoms with Crippen molar-refractivity contribution in [3.05, 3.63) is 0 Å². The summed E-state index contributed by atoms with van der Waals surface area (Å²) < 4.78 is 0. The third-order valence-corrected chi connectivity index (χ3v) is 3.86.